The van der Waals surface area contributed by atoms with Crippen molar-refractivity contribution in [1.29, 1.82) is 0 Å². The van der Waals surface area contributed by atoms with E-state index in [9.17, 15) is 14.4 Å². The molecule has 0 spiro atoms. The van der Waals surface area contributed by atoms with Crippen LogP contribution in [0.25, 0.3) is 11.0 Å². The number of anilines is 1. The fourth-order valence-electron chi connectivity index (χ4n) is 7.64. The molecule has 6 rings (SSSR count). The Morgan fingerprint density at radius 1 is 1.04 bits per heavy atom. The molecule has 3 amide bonds. The molecule has 0 aliphatic carbocycles. The zero-order valence-electron chi connectivity index (χ0n) is 28.3. The zero-order chi connectivity index (χ0) is 33.5. The highest BCUT2D eigenvalue weighted by Crippen LogP contribution is 2.24. The number of benzene rings is 2. The summed E-state index contributed by atoms with van der Waals surface area (Å²) >= 11 is 0. The third-order valence-electron chi connectivity index (χ3n) is 10.4. The third kappa shape index (κ3) is 7.92. The number of aromatic nitrogens is 2. The molecule has 1 atom stereocenters. The first kappa shape index (κ1) is 33.7. The summed E-state index contributed by atoms with van der Waals surface area (Å²) in [5.41, 5.74) is 5.97. The number of nitrogens with zero attached hydrogens (tertiary/aromatic N) is 5. The van der Waals surface area contributed by atoms with Crippen LogP contribution in [0.2, 0.25) is 0 Å². The van der Waals surface area contributed by atoms with Crippen LogP contribution in [0.15, 0.2) is 42.7 Å². The van der Waals surface area contributed by atoms with E-state index < -0.39 is 12.2 Å². The van der Waals surface area contributed by atoms with Crippen molar-refractivity contribution < 1.29 is 19.1 Å². The molecule has 0 saturated carbocycles. The summed E-state index contributed by atoms with van der Waals surface area (Å²) in [7, 11) is 1.90. The Morgan fingerprint density at radius 2 is 1.77 bits per heavy atom. The van der Waals surface area contributed by atoms with Gasteiger partial charge in [0.15, 0.2) is 6.10 Å². The molecule has 12 heteroatoms. The zero-order valence-corrected chi connectivity index (χ0v) is 28.3. The summed E-state index contributed by atoms with van der Waals surface area (Å²) in [5.74, 6) is -0.134. The van der Waals surface area contributed by atoms with E-state index in [1.54, 1.807) is 11.2 Å². The molecule has 2 aromatic carbocycles. The second kappa shape index (κ2) is 15.8. The number of hydrogen-bond acceptors (Lipinski definition) is 8. The monoisotopic (exact) mass is 658 g/mol. The number of para-hydroxylation sites is 1. The standard InChI is InChI=1S/C36H50N8O4/c1-26-21-27(22-32-34(26)40-24-39-32)23-33(35(46)42-15-8-29(9-16-42)41-19-12-38-13-20-41)48-36(47)43-17-10-30(11-18-43)44(25-45)14-7-28-5-3-4-6-31(28)37-2/h3-6,21-22,24-25,29-30,33,37-38H,7-20,23H2,1-2H3,(H,39,40)/t33-/m1/s1. The Kier molecular flexibility index (Phi) is 11.1. The lowest BCUT2D eigenvalue weighted by Crippen LogP contribution is -2.54. The number of piperazine rings is 1. The van der Waals surface area contributed by atoms with Gasteiger partial charge in [0.25, 0.3) is 5.91 Å². The van der Waals surface area contributed by atoms with Crippen LogP contribution in [0, 0.1) is 6.92 Å². The number of imidazole rings is 1. The fourth-order valence-corrected chi connectivity index (χ4v) is 7.64. The minimum Gasteiger partial charge on any atom is -0.436 e. The molecular weight excluding hydrogens is 608 g/mol. The number of rotatable bonds is 11. The van der Waals surface area contributed by atoms with Crippen molar-refractivity contribution in [3.8, 4) is 0 Å². The molecule has 3 saturated heterocycles. The molecule has 0 radical (unpaired) electrons. The van der Waals surface area contributed by atoms with E-state index in [0.29, 0.717) is 51.6 Å². The number of aryl methyl sites for hydroxylation is 1. The normalized spacial score (nSPS) is 18.9. The van der Waals surface area contributed by atoms with Crippen LogP contribution in [0.5, 0.6) is 0 Å². The molecule has 0 unspecified atom stereocenters. The van der Waals surface area contributed by atoms with Gasteiger partial charge in [0, 0.05) is 90.1 Å². The van der Waals surface area contributed by atoms with Crippen LogP contribution in [0.3, 0.4) is 0 Å². The van der Waals surface area contributed by atoms with Gasteiger partial charge in [-0.1, -0.05) is 24.3 Å². The first-order valence-electron chi connectivity index (χ1n) is 17.5. The van der Waals surface area contributed by atoms with Gasteiger partial charge in [0.1, 0.15) is 0 Å². The van der Waals surface area contributed by atoms with Crippen LogP contribution >= 0.6 is 0 Å². The molecule has 258 valence electrons. The summed E-state index contributed by atoms with van der Waals surface area (Å²) in [6.45, 7) is 8.97. The number of likely N-dealkylation sites (tertiary alicyclic amines) is 2. The third-order valence-corrected chi connectivity index (χ3v) is 10.4. The molecule has 3 N–H and O–H groups in total. The Labute approximate surface area is 283 Å². The van der Waals surface area contributed by atoms with Crippen molar-refractivity contribution in [2.45, 2.75) is 63.6 Å². The molecule has 3 aromatic rings. The molecule has 0 bridgehead atoms. The average molecular weight is 659 g/mol. The maximum absolute atomic E-state index is 14.1. The van der Waals surface area contributed by atoms with Crippen molar-refractivity contribution in [2.24, 2.45) is 0 Å². The van der Waals surface area contributed by atoms with Gasteiger partial charge in [-0.2, -0.15) is 0 Å². The second-order valence-electron chi connectivity index (χ2n) is 13.3. The molecule has 3 aliphatic rings. The van der Waals surface area contributed by atoms with Gasteiger partial charge in [-0.15, -0.1) is 0 Å². The summed E-state index contributed by atoms with van der Waals surface area (Å²) < 4.78 is 6.10. The topological polar surface area (TPSA) is 126 Å². The van der Waals surface area contributed by atoms with E-state index in [4.69, 9.17) is 4.74 Å². The number of fused-ring (bicyclic) bond motifs is 1. The van der Waals surface area contributed by atoms with Crippen LogP contribution in [0.4, 0.5) is 10.5 Å². The number of amides is 3. The van der Waals surface area contributed by atoms with Crippen LogP contribution in [-0.2, 0) is 27.2 Å². The van der Waals surface area contributed by atoms with Gasteiger partial charge < -0.3 is 35.1 Å². The van der Waals surface area contributed by atoms with E-state index >= 15 is 0 Å². The Morgan fingerprint density at radius 3 is 2.50 bits per heavy atom. The highest BCUT2D eigenvalue weighted by Gasteiger charge is 2.35. The maximum atomic E-state index is 14.1. The first-order valence-corrected chi connectivity index (χ1v) is 17.5. The van der Waals surface area contributed by atoms with E-state index in [2.05, 4.69) is 31.6 Å². The SMILES string of the molecule is CNc1ccccc1CCN(C=O)C1CCN(C(=O)O[C@H](Cc2cc(C)c3[nH]cnc3c2)C(=O)N2CCC(N3CCNCC3)CC2)CC1. The van der Waals surface area contributed by atoms with Crippen molar-refractivity contribution in [3.63, 3.8) is 0 Å². The molecule has 3 fully saturated rings. The van der Waals surface area contributed by atoms with E-state index in [1.807, 2.05) is 54.1 Å². The molecule has 3 aliphatic heterocycles. The summed E-state index contributed by atoms with van der Waals surface area (Å²) in [4.78, 5) is 55.3. The predicted molar refractivity (Wildman–Crippen MR) is 186 cm³/mol. The van der Waals surface area contributed by atoms with Gasteiger partial charge in [-0.05, 0) is 67.9 Å². The van der Waals surface area contributed by atoms with Gasteiger partial charge in [-0.3, -0.25) is 14.5 Å². The molecule has 48 heavy (non-hydrogen) atoms. The van der Waals surface area contributed by atoms with Crippen LogP contribution in [-0.4, -0.2) is 132 Å². The van der Waals surface area contributed by atoms with Gasteiger partial charge in [0.05, 0.1) is 17.4 Å². The van der Waals surface area contributed by atoms with Crippen molar-refractivity contribution in [2.75, 3.05) is 71.3 Å². The van der Waals surface area contributed by atoms with E-state index in [-0.39, 0.29) is 18.4 Å². The summed E-state index contributed by atoms with van der Waals surface area (Å²) in [5, 5.41) is 6.64. The minimum atomic E-state index is -0.930. The lowest BCUT2D eigenvalue weighted by Gasteiger charge is -2.41. The minimum absolute atomic E-state index is 0.0475. The van der Waals surface area contributed by atoms with Crippen LogP contribution < -0.4 is 10.6 Å². The molecular formula is C36H50N8O4. The Bertz CT molecular complexity index is 1540. The average Bonchev–Trinajstić information content (AvgIpc) is 3.62. The predicted octanol–water partition coefficient (Wildman–Crippen LogP) is 3.02. The molecule has 4 heterocycles. The Hall–Kier alpha value is -4.16. The summed E-state index contributed by atoms with van der Waals surface area (Å²) in [6.07, 6.45) is 5.40. The number of aromatic amines is 1. The maximum Gasteiger partial charge on any atom is 0.410 e. The Balaban J connectivity index is 1.08. The number of piperidine rings is 2. The number of ether oxygens (including phenoxy) is 1. The first-order chi connectivity index (χ1) is 23.4. The van der Waals surface area contributed by atoms with Crippen molar-refractivity contribution in [3.05, 3.63) is 59.4 Å². The lowest BCUT2D eigenvalue weighted by molar-refractivity contribution is -0.142. The van der Waals surface area contributed by atoms with Crippen molar-refractivity contribution in [1.82, 2.24) is 34.9 Å². The van der Waals surface area contributed by atoms with Crippen LogP contribution in [0.1, 0.15) is 42.4 Å². The largest absolute Gasteiger partial charge is 0.436 e. The lowest BCUT2D eigenvalue weighted by atomic mass is 9.99. The highest BCUT2D eigenvalue weighted by molar-refractivity contribution is 5.85. The quantitative estimate of drug-likeness (QED) is 0.269. The van der Waals surface area contributed by atoms with E-state index in [0.717, 1.165) is 79.7 Å². The molecule has 1 aromatic heterocycles. The molecule has 12 nitrogen and oxygen atoms in total. The summed E-state index contributed by atoms with van der Waals surface area (Å²) in [6, 6.07) is 12.7. The smallest absolute Gasteiger partial charge is 0.410 e. The van der Waals surface area contributed by atoms with E-state index in [1.165, 1.54) is 5.56 Å². The highest BCUT2D eigenvalue weighted by atomic mass is 16.6. The number of hydrogen-bond donors (Lipinski definition) is 3. The number of H-pyrrole nitrogens is 1. The second-order valence-corrected chi connectivity index (χ2v) is 13.3. The number of carbonyl (C=O) groups is 3. The number of carbonyl (C=O) groups excluding carboxylic acids is 3. The van der Waals surface area contributed by atoms with Gasteiger partial charge >= 0.3 is 6.09 Å². The van der Waals surface area contributed by atoms with Gasteiger partial charge in [0.2, 0.25) is 6.41 Å². The fraction of sp³-hybridized carbons (Fsp3) is 0.556. The van der Waals surface area contributed by atoms with Crippen molar-refractivity contribution >= 4 is 35.1 Å². The van der Waals surface area contributed by atoms with Gasteiger partial charge in [-0.25, -0.2) is 9.78 Å². The number of nitrogens with one attached hydrogen (secondary N) is 3.